The van der Waals surface area contributed by atoms with Gasteiger partial charge in [0.25, 0.3) is 0 Å². The second kappa shape index (κ2) is 9.04. The summed E-state index contributed by atoms with van der Waals surface area (Å²) in [6, 6.07) is 16.1. The SMILES string of the molecule is CC(=O)Nc1ccc(CN2CCCCC[C@@H]2c2cc(-c3ccc4c(c3)OCO4)on2)cc1. The number of carbonyl (C=O) groups excluding carboxylic acids is 1. The van der Waals surface area contributed by atoms with Gasteiger partial charge < -0.3 is 19.3 Å². The molecule has 1 amide bonds. The molecule has 3 heterocycles. The van der Waals surface area contributed by atoms with Crippen molar-refractivity contribution < 1.29 is 18.8 Å². The van der Waals surface area contributed by atoms with Crippen LogP contribution in [0, 0.1) is 0 Å². The van der Waals surface area contributed by atoms with Crippen molar-refractivity contribution in [2.75, 3.05) is 18.7 Å². The van der Waals surface area contributed by atoms with Crippen LogP contribution in [0.5, 0.6) is 11.5 Å². The van der Waals surface area contributed by atoms with E-state index in [9.17, 15) is 4.79 Å². The Balaban J connectivity index is 1.34. The van der Waals surface area contributed by atoms with E-state index in [4.69, 9.17) is 14.0 Å². The summed E-state index contributed by atoms with van der Waals surface area (Å²) >= 11 is 0. The van der Waals surface area contributed by atoms with Gasteiger partial charge in [-0.2, -0.15) is 0 Å². The van der Waals surface area contributed by atoms with Crippen LogP contribution in [0.2, 0.25) is 0 Å². The molecule has 0 saturated carbocycles. The van der Waals surface area contributed by atoms with Crippen LogP contribution in [-0.2, 0) is 11.3 Å². The van der Waals surface area contributed by atoms with Crippen molar-refractivity contribution in [3.63, 3.8) is 0 Å². The molecule has 1 atom stereocenters. The van der Waals surface area contributed by atoms with Gasteiger partial charge in [0.05, 0.1) is 6.04 Å². The third-order valence-electron chi connectivity index (χ3n) is 6.05. The molecule has 32 heavy (non-hydrogen) atoms. The number of carbonyl (C=O) groups is 1. The molecule has 7 heteroatoms. The molecule has 2 aliphatic heterocycles. The predicted octanol–water partition coefficient (Wildman–Crippen LogP) is 5.15. The van der Waals surface area contributed by atoms with E-state index >= 15 is 0 Å². The Morgan fingerprint density at radius 3 is 2.75 bits per heavy atom. The number of nitrogens with zero attached hydrogens (tertiary/aromatic N) is 2. The lowest BCUT2D eigenvalue weighted by Gasteiger charge is -2.28. The number of anilines is 1. The Morgan fingerprint density at radius 1 is 1.06 bits per heavy atom. The van der Waals surface area contributed by atoms with E-state index < -0.39 is 0 Å². The largest absolute Gasteiger partial charge is 0.454 e. The Labute approximate surface area is 187 Å². The first-order valence-electron chi connectivity index (χ1n) is 11.1. The van der Waals surface area contributed by atoms with E-state index in [0.29, 0.717) is 0 Å². The van der Waals surface area contributed by atoms with E-state index in [0.717, 1.165) is 53.7 Å². The zero-order valence-electron chi connectivity index (χ0n) is 18.2. The molecule has 3 aromatic rings. The number of rotatable bonds is 5. The van der Waals surface area contributed by atoms with Gasteiger partial charge >= 0.3 is 0 Å². The summed E-state index contributed by atoms with van der Waals surface area (Å²) in [7, 11) is 0. The number of likely N-dealkylation sites (tertiary alicyclic amines) is 1. The summed E-state index contributed by atoms with van der Waals surface area (Å²) in [6.45, 7) is 3.62. The Kier molecular flexibility index (Phi) is 5.81. The summed E-state index contributed by atoms with van der Waals surface area (Å²) in [4.78, 5) is 13.8. The van der Waals surface area contributed by atoms with Gasteiger partial charge in [0.15, 0.2) is 17.3 Å². The molecule has 7 nitrogen and oxygen atoms in total. The highest BCUT2D eigenvalue weighted by Gasteiger charge is 2.26. The van der Waals surface area contributed by atoms with Crippen LogP contribution in [0.1, 0.15) is 49.9 Å². The van der Waals surface area contributed by atoms with Crippen molar-refractivity contribution >= 4 is 11.6 Å². The van der Waals surface area contributed by atoms with Crippen LogP contribution >= 0.6 is 0 Å². The molecule has 1 aromatic heterocycles. The smallest absolute Gasteiger partial charge is 0.231 e. The lowest BCUT2D eigenvalue weighted by molar-refractivity contribution is -0.114. The molecular formula is C25H27N3O4. The van der Waals surface area contributed by atoms with Crippen molar-refractivity contribution in [2.24, 2.45) is 0 Å². The van der Waals surface area contributed by atoms with Gasteiger partial charge in [-0.3, -0.25) is 9.69 Å². The van der Waals surface area contributed by atoms with Crippen molar-refractivity contribution in [2.45, 2.75) is 45.2 Å². The van der Waals surface area contributed by atoms with Gasteiger partial charge in [-0.05, 0) is 55.3 Å². The van der Waals surface area contributed by atoms with Crippen LogP contribution in [0.3, 0.4) is 0 Å². The predicted molar refractivity (Wildman–Crippen MR) is 120 cm³/mol. The fourth-order valence-electron chi connectivity index (χ4n) is 4.45. The van der Waals surface area contributed by atoms with Gasteiger partial charge in [0.1, 0.15) is 5.69 Å². The van der Waals surface area contributed by atoms with Crippen LogP contribution < -0.4 is 14.8 Å². The van der Waals surface area contributed by atoms with E-state index in [2.05, 4.69) is 33.6 Å². The highest BCUT2D eigenvalue weighted by atomic mass is 16.7. The van der Waals surface area contributed by atoms with Crippen molar-refractivity contribution in [1.82, 2.24) is 10.1 Å². The first-order chi connectivity index (χ1) is 15.7. The number of aromatic nitrogens is 1. The number of hydrogen-bond donors (Lipinski definition) is 1. The van der Waals surface area contributed by atoms with Crippen molar-refractivity contribution in [3.05, 3.63) is 59.8 Å². The number of benzene rings is 2. The third-order valence-corrected chi connectivity index (χ3v) is 6.05. The summed E-state index contributed by atoms with van der Waals surface area (Å²) in [6.07, 6.45) is 4.63. The lowest BCUT2D eigenvalue weighted by atomic mass is 10.0. The molecule has 2 aromatic carbocycles. The monoisotopic (exact) mass is 433 g/mol. The third kappa shape index (κ3) is 4.48. The summed E-state index contributed by atoms with van der Waals surface area (Å²) in [5.41, 5.74) is 3.93. The Hall–Kier alpha value is -3.32. The maximum Gasteiger partial charge on any atom is 0.231 e. The molecule has 1 N–H and O–H groups in total. The molecule has 1 fully saturated rings. The zero-order chi connectivity index (χ0) is 21.9. The number of nitrogens with one attached hydrogen (secondary N) is 1. The van der Waals surface area contributed by atoms with Crippen LogP contribution in [0.4, 0.5) is 5.69 Å². The van der Waals surface area contributed by atoms with Crippen molar-refractivity contribution in [3.8, 4) is 22.8 Å². The average molecular weight is 434 g/mol. The molecule has 166 valence electrons. The van der Waals surface area contributed by atoms with E-state index in [1.807, 2.05) is 30.3 Å². The highest BCUT2D eigenvalue weighted by molar-refractivity contribution is 5.88. The first-order valence-corrected chi connectivity index (χ1v) is 11.1. The van der Waals surface area contributed by atoms with Crippen LogP contribution in [0.25, 0.3) is 11.3 Å². The van der Waals surface area contributed by atoms with Gasteiger partial charge in [0.2, 0.25) is 12.7 Å². The van der Waals surface area contributed by atoms with Crippen LogP contribution in [-0.4, -0.2) is 29.3 Å². The molecule has 0 bridgehead atoms. The molecule has 0 radical (unpaired) electrons. The number of amides is 1. The number of hydrogen-bond acceptors (Lipinski definition) is 6. The summed E-state index contributed by atoms with van der Waals surface area (Å²) in [5, 5.41) is 7.28. The number of ether oxygens (including phenoxy) is 2. The second-order valence-corrected chi connectivity index (χ2v) is 8.40. The minimum absolute atomic E-state index is 0.0605. The zero-order valence-corrected chi connectivity index (χ0v) is 18.2. The Morgan fingerprint density at radius 2 is 1.91 bits per heavy atom. The van der Waals surface area contributed by atoms with Gasteiger partial charge in [0, 0.05) is 30.8 Å². The quantitative estimate of drug-likeness (QED) is 0.600. The first kappa shape index (κ1) is 20.6. The number of fused-ring (bicyclic) bond motifs is 1. The maximum absolute atomic E-state index is 11.3. The molecule has 2 aliphatic rings. The highest BCUT2D eigenvalue weighted by Crippen LogP contribution is 2.38. The molecule has 0 aliphatic carbocycles. The molecule has 5 rings (SSSR count). The average Bonchev–Trinajstić information content (AvgIpc) is 3.40. The molecular weight excluding hydrogens is 406 g/mol. The minimum Gasteiger partial charge on any atom is -0.454 e. The van der Waals surface area contributed by atoms with Crippen molar-refractivity contribution in [1.29, 1.82) is 0 Å². The van der Waals surface area contributed by atoms with Gasteiger partial charge in [-0.1, -0.05) is 30.1 Å². The molecule has 0 unspecified atom stereocenters. The van der Waals surface area contributed by atoms with Crippen LogP contribution in [0.15, 0.2) is 53.1 Å². The fourth-order valence-corrected chi connectivity index (χ4v) is 4.45. The van der Waals surface area contributed by atoms with E-state index in [-0.39, 0.29) is 18.7 Å². The maximum atomic E-state index is 11.3. The van der Waals surface area contributed by atoms with E-state index in [1.54, 1.807) is 0 Å². The fraction of sp³-hybridized carbons (Fsp3) is 0.360. The topological polar surface area (TPSA) is 76.8 Å². The molecule has 1 saturated heterocycles. The Bertz CT molecular complexity index is 1090. The second-order valence-electron chi connectivity index (χ2n) is 8.40. The normalized spacial score (nSPS) is 18.3. The standard InChI is InChI=1S/C25H27N3O4/c1-17(29)26-20-9-6-18(7-10-20)15-28-12-4-2-3-5-22(28)21-14-24(32-27-21)19-8-11-23-25(13-19)31-16-30-23/h6-11,13-14,22H,2-5,12,15-16H2,1H3,(H,26,29)/t22-/m1/s1. The summed E-state index contributed by atoms with van der Waals surface area (Å²) in [5.74, 6) is 2.17. The van der Waals surface area contributed by atoms with E-state index in [1.165, 1.54) is 31.7 Å². The summed E-state index contributed by atoms with van der Waals surface area (Å²) < 4.78 is 16.6. The minimum atomic E-state index is -0.0605. The molecule has 0 spiro atoms. The lowest BCUT2D eigenvalue weighted by Crippen LogP contribution is -2.28. The van der Waals surface area contributed by atoms with Gasteiger partial charge in [-0.15, -0.1) is 0 Å². The van der Waals surface area contributed by atoms with Gasteiger partial charge in [-0.25, -0.2) is 0 Å².